The predicted molar refractivity (Wildman–Crippen MR) is 130 cm³/mol. The maximum absolute atomic E-state index is 13.3. The fraction of sp³-hybridized carbons (Fsp3) is 0.304. The molecule has 0 saturated heterocycles. The van der Waals surface area contributed by atoms with Crippen molar-refractivity contribution in [3.8, 4) is 5.75 Å². The van der Waals surface area contributed by atoms with Crippen LogP contribution in [0, 0.1) is 11.7 Å². The topological polar surface area (TPSA) is 98.1 Å². The second kappa shape index (κ2) is 11.3. The van der Waals surface area contributed by atoms with Gasteiger partial charge in [-0.05, 0) is 48.4 Å². The highest BCUT2D eigenvalue weighted by Gasteiger charge is 2.25. The van der Waals surface area contributed by atoms with Gasteiger partial charge in [0.15, 0.2) is 11.0 Å². The number of rotatable bonds is 9. The van der Waals surface area contributed by atoms with E-state index in [1.165, 1.54) is 30.0 Å². The van der Waals surface area contributed by atoms with Gasteiger partial charge in [-0.3, -0.25) is 9.59 Å². The van der Waals surface area contributed by atoms with E-state index in [2.05, 4.69) is 20.8 Å². The van der Waals surface area contributed by atoms with Gasteiger partial charge in [0.1, 0.15) is 11.6 Å². The van der Waals surface area contributed by atoms with Crippen molar-refractivity contribution < 1.29 is 18.7 Å². The highest BCUT2D eigenvalue weighted by molar-refractivity contribution is 7.99. The second-order valence-corrected chi connectivity index (χ2v) is 9.14. The second-order valence-electron chi connectivity index (χ2n) is 7.79. The lowest BCUT2D eigenvalue weighted by atomic mass is 10.0. The first-order chi connectivity index (χ1) is 16.2. The molecule has 0 unspecified atom stereocenters. The lowest BCUT2D eigenvalue weighted by Crippen LogP contribution is -2.33. The zero-order valence-corrected chi connectivity index (χ0v) is 20.7. The molecule has 0 aliphatic rings. The van der Waals surface area contributed by atoms with Gasteiger partial charge in [-0.2, -0.15) is 0 Å². The summed E-state index contributed by atoms with van der Waals surface area (Å²) in [5.41, 5.74) is 0.901. The molecule has 2 aromatic carbocycles. The Labute approximate surface area is 206 Å². The van der Waals surface area contributed by atoms with E-state index in [1.807, 2.05) is 13.8 Å². The first kappa shape index (κ1) is 25.5. The van der Waals surface area contributed by atoms with Gasteiger partial charge in [0.2, 0.25) is 5.91 Å². The zero-order valence-electron chi connectivity index (χ0n) is 19.1. The molecule has 0 fully saturated rings. The van der Waals surface area contributed by atoms with Crippen LogP contribution in [0.25, 0.3) is 0 Å². The SMILES string of the molecule is COc1ccc(C(=O)N[C@H](c2nnc(SCC(=O)Nc3ccc(F)c(Cl)c3)n2C)C(C)C)cc1. The molecule has 0 radical (unpaired) electrons. The number of carbonyl (C=O) groups is 2. The first-order valence-corrected chi connectivity index (χ1v) is 11.8. The standard InChI is InChI=1S/C23H25ClFN5O3S/c1-13(2)20(27-22(32)14-5-8-16(33-4)9-6-14)21-28-29-23(30(21)3)34-12-19(31)26-15-7-10-18(25)17(24)11-15/h5-11,13,20H,12H2,1-4H3,(H,26,31)(H,27,32)/t20-/m0/s1. The molecule has 0 saturated carbocycles. The maximum atomic E-state index is 13.3. The molecular formula is C23H25ClFN5O3S. The molecule has 0 aliphatic heterocycles. The van der Waals surface area contributed by atoms with Gasteiger partial charge < -0.3 is 19.9 Å². The van der Waals surface area contributed by atoms with Crippen LogP contribution in [0.1, 0.15) is 36.1 Å². The molecule has 2 amide bonds. The van der Waals surface area contributed by atoms with Gasteiger partial charge >= 0.3 is 0 Å². The molecule has 0 spiro atoms. The van der Waals surface area contributed by atoms with Crippen molar-refractivity contribution in [2.75, 3.05) is 18.2 Å². The summed E-state index contributed by atoms with van der Waals surface area (Å²) in [6.07, 6.45) is 0. The predicted octanol–water partition coefficient (Wildman–Crippen LogP) is 4.47. The summed E-state index contributed by atoms with van der Waals surface area (Å²) in [7, 11) is 3.35. The average molecular weight is 506 g/mol. The minimum atomic E-state index is -0.556. The van der Waals surface area contributed by atoms with E-state index >= 15 is 0 Å². The van der Waals surface area contributed by atoms with Gasteiger partial charge in [0.05, 0.1) is 23.9 Å². The van der Waals surface area contributed by atoms with Crippen molar-refractivity contribution in [2.24, 2.45) is 13.0 Å². The summed E-state index contributed by atoms with van der Waals surface area (Å²) in [5.74, 6) is 0.241. The summed E-state index contributed by atoms with van der Waals surface area (Å²) >= 11 is 6.94. The van der Waals surface area contributed by atoms with Crippen LogP contribution in [0.2, 0.25) is 5.02 Å². The van der Waals surface area contributed by atoms with Crippen molar-refractivity contribution in [1.82, 2.24) is 20.1 Å². The minimum Gasteiger partial charge on any atom is -0.497 e. The Morgan fingerprint density at radius 3 is 2.50 bits per heavy atom. The number of anilines is 1. The number of halogens is 2. The lowest BCUT2D eigenvalue weighted by molar-refractivity contribution is -0.113. The minimum absolute atomic E-state index is 0.0365. The Bertz CT molecular complexity index is 1170. The number of hydrogen-bond donors (Lipinski definition) is 2. The number of benzene rings is 2. The molecule has 3 aromatic rings. The van der Waals surface area contributed by atoms with E-state index in [4.69, 9.17) is 16.3 Å². The number of nitrogens with zero attached hydrogens (tertiary/aromatic N) is 3. The van der Waals surface area contributed by atoms with Gasteiger partial charge in [-0.1, -0.05) is 37.2 Å². The van der Waals surface area contributed by atoms with Gasteiger partial charge in [-0.25, -0.2) is 4.39 Å². The maximum Gasteiger partial charge on any atom is 0.251 e. The highest BCUT2D eigenvalue weighted by Crippen LogP contribution is 2.25. The molecule has 0 aliphatic carbocycles. The van der Waals surface area contributed by atoms with Crippen molar-refractivity contribution in [1.29, 1.82) is 0 Å². The number of methoxy groups -OCH3 is 1. The van der Waals surface area contributed by atoms with E-state index < -0.39 is 11.9 Å². The van der Waals surface area contributed by atoms with Crippen molar-refractivity contribution >= 4 is 40.9 Å². The monoisotopic (exact) mass is 505 g/mol. The van der Waals surface area contributed by atoms with Crippen molar-refractivity contribution in [2.45, 2.75) is 25.0 Å². The fourth-order valence-electron chi connectivity index (χ4n) is 3.12. The number of hydrogen-bond acceptors (Lipinski definition) is 6. The summed E-state index contributed by atoms with van der Waals surface area (Å²) in [6.45, 7) is 3.95. The third-order valence-electron chi connectivity index (χ3n) is 4.99. The van der Waals surface area contributed by atoms with E-state index in [0.717, 1.165) is 0 Å². The van der Waals surface area contributed by atoms with Gasteiger partial charge in [-0.15, -0.1) is 10.2 Å². The summed E-state index contributed by atoms with van der Waals surface area (Å²) < 4.78 is 20.2. The van der Waals surface area contributed by atoms with E-state index in [9.17, 15) is 14.0 Å². The first-order valence-electron chi connectivity index (χ1n) is 10.4. The Balaban J connectivity index is 1.65. The molecule has 1 atom stereocenters. The van der Waals surface area contributed by atoms with Crippen LogP contribution in [0.15, 0.2) is 47.6 Å². The molecule has 180 valence electrons. The van der Waals surface area contributed by atoms with Crippen LogP contribution in [0.4, 0.5) is 10.1 Å². The molecule has 0 bridgehead atoms. The van der Waals surface area contributed by atoms with Gasteiger partial charge in [0.25, 0.3) is 5.91 Å². The summed E-state index contributed by atoms with van der Waals surface area (Å²) in [6, 6.07) is 10.4. The van der Waals surface area contributed by atoms with Crippen LogP contribution < -0.4 is 15.4 Å². The molecule has 2 N–H and O–H groups in total. The molecular weight excluding hydrogens is 481 g/mol. The Morgan fingerprint density at radius 1 is 1.18 bits per heavy atom. The number of thioether (sulfide) groups is 1. The van der Waals surface area contributed by atoms with Crippen LogP contribution in [0.5, 0.6) is 5.75 Å². The van der Waals surface area contributed by atoms with Crippen LogP contribution >= 0.6 is 23.4 Å². The quantitative estimate of drug-likeness (QED) is 0.416. The largest absolute Gasteiger partial charge is 0.497 e. The molecule has 1 aromatic heterocycles. The average Bonchev–Trinajstić information content (AvgIpc) is 3.18. The normalized spacial score (nSPS) is 11.9. The molecule has 1 heterocycles. The molecule has 3 rings (SSSR count). The van der Waals surface area contributed by atoms with Crippen LogP contribution in [-0.2, 0) is 11.8 Å². The fourth-order valence-corrected chi connectivity index (χ4v) is 4.02. The summed E-state index contributed by atoms with van der Waals surface area (Å²) in [5, 5.41) is 14.6. The van der Waals surface area contributed by atoms with E-state index in [0.29, 0.717) is 28.0 Å². The number of carbonyl (C=O) groups excluding carboxylic acids is 2. The van der Waals surface area contributed by atoms with E-state index in [-0.39, 0.29) is 28.5 Å². The smallest absolute Gasteiger partial charge is 0.251 e. The van der Waals surface area contributed by atoms with Crippen LogP contribution in [0.3, 0.4) is 0 Å². The lowest BCUT2D eigenvalue weighted by Gasteiger charge is -2.21. The number of ether oxygens (including phenoxy) is 1. The summed E-state index contributed by atoms with van der Waals surface area (Å²) in [4.78, 5) is 25.1. The Morgan fingerprint density at radius 2 is 1.88 bits per heavy atom. The Hall–Kier alpha value is -3.11. The zero-order chi connectivity index (χ0) is 24.8. The molecule has 34 heavy (non-hydrogen) atoms. The highest BCUT2D eigenvalue weighted by atomic mass is 35.5. The Kier molecular flexibility index (Phi) is 8.51. The number of nitrogens with one attached hydrogen (secondary N) is 2. The van der Waals surface area contributed by atoms with Gasteiger partial charge in [0, 0.05) is 18.3 Å². The van der Waals surface area contributed by atoms with Crippen molar-refractivity contribution in [3.63, 3.8) is 0 Å². The third-order valence-corrected chi connectivity index (χ3v) is 6.30. The van der Waals surface area contributed by atoms with Crippen molar-refractivity contribution in [3.05, 3.63) is 64.7 Å². The van der Waals surface area contributed by atoms with E-state index in [1.54, 1.807) is 43.0 Å². The number of amides is 2. The number of aromatic nitrogens is 3. The molecule has 11 heteroatoms. The van der Waals surface area contributed by atoms with Crippen LogP contribution in [-0.4, -0.2) is 39.4 Å². The molecule has 8 nitrogen and oxygen atoms in total. The third kappa shape index (κ3) is 6.27.